The van der Waals surface area contributed by atoms with Crippen LogP contribution < -0.4 is 19.1 Å². The highest BCUT2D eigenvalue weighted by Crippen LogP contribution is 2.44. The molecule has 61 heavy (non-hydrogen) atoms. The van der Waals surface area contributed by atoms with Crippen LogP contribution in [0.2, 0.25) is 10.0 Å². The number of rotatable bonds is 12. The van der Waals surface area contributed by atoms with Gasteiger partial charge in [-0.2, -0.15) is 0 Å². The van der Waals surface area contributed by atoms with Crippen molar-refractivity contribution in [2.24, 2.45) is 5.41 Å². The molecule has 1 aliphatic heterocycles. The second-order valence-electron chi connectivity index (χ2n) is 17.1. The number of benzene rings is 2. The Morgan fingerprint density at radius 3 is 2.48 bits per heavy atom. The second-order valence-corrected chi connectivity index (χ2v) is 19.7. The molecule has 8 rings (SSSR count). The van der Waals surface area contributed by atoms with Crippen LogP contribution in [-0.2, 0) is 10.0 Å². The van der Waals surface area contributed by atoms with Gasteiger partial charge in [0.15, 0.2) is 0 Å². The zero-order chi connectivity index (χ0) is 42.9. The molecule has 322 valence electrons. The smallest absolute Gasteiger partial charge is 0.268 e. The summed E-state index contributed by atoms with van der Waals surface area (Å²) < 4.78 is 56.3. The van der Waals surface area contributed by atoms with Gasteiger partial charge >= 0.3 is 0 Å². The number of hydrogen-bond acceptors (Lipinski definition) is 10. The molecule has 16 heteroatoms. The van der Waals surface area contributed by atoms with Gasteiger partial charge in [0.1, 0.15) is 39.3 Å². The van der Waals surface area contributed by atoms with Crippen molar-refractivity contribution in [1.82, 2.24) is 24.6 Å². The Morgan fingerprint density at radius 2 is 1.74 bits per heavy atom. The summed E-state index contributed by atoms with van der Waals surface area (Å²) in [6.45, 7) is 8.31. The summed E-state index contributed by atoms with van der Waals surface area (Å²) in [7, 11) is -4.49. The number of piperazine rings is 1. The quantitative estimate of drug-likeness (QED) is 0.111. The van der Waals surface area contributed by atoms with Crippen LogP contribution in [0.3, 0.4) is 0 Å². The molecule has 3 aromatic heterocycles. The molecule has 3 aliphatic rings. The van der Waals surface area contributed by atoms with E-state index in [1.807, 2.05) is 18.2 Å². The van der Waals surface area contributed by atoms with Crippen LogP contribution in [0.1, 0.15) is 74.7 Å². The minimum Gasteiger partial charge on any atom is -0.473 e. The van der Waals surface area contributed by atoms with Crippen molar-refractivity contribution in [1.29, 1.82) is 0 Å². The van der Waals surface area contributed by atoms with Gasteiger partial charge in [0.05, 0.1) is 24.1 Å². The van der Waals surface area contributed by atoms with E-state index >= 15 is 4.39 Å². The summed E-state index contributed by atoms with van der Waals surface area (Å²) in [5.41, 5.74) is 4.13. The second kappa shape index (κ2) is 17.6. The standard InChI is InChI=1S/C45H49Cl2FN6O6S/c1-44(2)13-9-31(38(24-44)29-3-5-32(46)6-4-29)27-53-17-19-54(20-18-53)33-7-8-37(40(22-33)60-35-21-30-12-16-49-41(30)50-25-35)42(56)52-61(57,58)36-23-39(47)43(51-26-36)59-28-45(48)14-10-34(55)11-15-45/h3-8,12,16,21-23,25-26,34,55H,9-11,13-15,17-20,24,27-28H2,1-2H3,(H,49,50)(H,52,56)/t34-,45-. The zero-order valence-electron chi connectivity index (χ0n) is 34.1. The van der Waals surface area contributed by atoms with Crippen LogP contribution in [0.4, 0.5) is 10.1 Å². The fraction of sp³-hybridized carbons (Fsp3) is 0.400. The number of allylic oxidation sites excluding steroid dienone is 1. The van der Waals surface area contributed by atoms with Gasteiger partial charge in [-0.25, -0.2) is 27.5 Å². The van der Waals surface area contributed by atoms with Gasteiger partial charge in [0.25, 0.3) is 15.9 Å². The third-order valence-electron chi connectivity index (χ3n) is 12.0. The van der Waals surface area contributed by atoms with E-state index in [9.17, 15) is 18.3 Å². The molecule has 2 fully saturated rings. The predicted octanol–water partition coefficient (Wildman–Crippen LogP) is 8.98. The number of fused-ring (bicyclic) bond motifs is 1. The molecule has 1 saturated heterocycles. The van der Waals surface area contributed by atoms with Crippen molar-refractivity contribution >= 4 is 61.4 Å². The van der Waals surface area contributed by atoms with E-state index < -0.39 is 27.7 Å². The first-order chi connectivity index (χ1) is 29.1. The summed E-state index contributed by atoms with van der Waals surface area (Å²) in [5, 5.41) is 11.1. The molecule has 0 atom stereocenters. The number of ether oxygens (including phenoxy) is 2. The Kier molecular flexibility index (Phi) is 12.4. The number of aliphatic hydroxyl groups is 1. The lowest BCUT2D eigenvalue weighted by atomic mass is 9.72. The number of nitrogens with one attached hydrogen (secondary N) is 2. The Labute approximate surface area is 365 Å². The van der Waals surface area contributed by atoms with Gasteiger partial charge in [-0.3, -0.25) is 9.69 Å². The summed E-state index contributed by atoms with van der Waals surface area (Å²) in [6, 6.07) is 18.0. The molecule has 12 nitrogen and oxygen atoms in total. The summed E-state index contributed by atoms with van der Waals surface area (Å²) in [4.78, 5) is 29.7. The average Bonchev–Trinajstić information content (AvgIpc) is 3.71. The van der Waals surface area contributed by atoms with Gasteiger partial charge < -0.3 is 24.5 Å². The lowest BCUT2D eigenvalue weighted by Crippen LogP contribution is -2.47. The number of nitrogens with zero attached hydrogens (tertiary/aromatic N) is 4. The monoisotopic (exact) mass is 890 g/mol. The Balaban J connectivity index is 0.982. The number of aromatic nitrogens is 3. The number of pyridine rings is 2. The topological polar surface area (TPSA) is 150 Å². The van der Waals surface area contributed by atoms with E-state index in [1.54, 1.807) is 30.5 Å². The number of sulfonamides is 1. The molecule has 3 N–H and O–H groups in total. The Morgan fingerprint density at radius 1 is 0.984 bits per heavy atom. The van der Waals surface area contributed by atoms with Gasteiger partial charge in [0, 0.05) is 61.1 Å². The molecule has 1 saturated carbocycles. The van der Waals surface area contributed by atoms with Crippen LogP contribution in [-0.4, -0.2) is 90.4 Å². The van der Waals surface area contributed by atoms with E-state index in [2.05, 4.69) is 55.5 Å². The number of halogens is 3. The maximum atomic E-state index is 15.2. The molecular formula is C45H49Cl2FN6O6S. The number of carbonyl (C=O) groups excluding carboxylic acids is 1. The fourth-order valence-corrected chi connectivity index (χ4v) is 9.69. The number of aliphatic hydroxyl groups excluding tert-OH is 1. The van der Waals surface area contributed by atoms with Gasteiger partial charge in [-0.1, -0.05) is 54.8 Å². The first-order valence-electron chi connectivity index (χ1n) is 20.5. The van der Waals surface area contributed by atoms with E-state index in [-0.39, 0.29) is 52.0 Å². The minimum absolute atomic E-state index is 0.0214. The number of H-pyrrole nitrogens is 1. The molecule has 2 aromatic carbocycles. The Hall–Kier alpha value is -4.73. The number of carbonyl (C=O) groups is 1. The molecular weight excluding hydrogens is 843 g/mol. The summed E-state index contributed by atoms with van der Waals surface area (Å²) in [6.07, 6.45) is 7.81. The van der Waals surface area contributed by atoms with E-state index in [0.717, 1.165) is 80.3 Å². The predicted molar refractivity (Wildman–Crippen MR) is 235 cm³/mol. The molecule has 2 aliphatic carbocycles. The SMILES string of the molecule is CC1(C)CCC(CN2CCN(c3ccc(C(=O)NS(=O)(=O)c4cnc(OC[C@]5(F)CC[C@H](O)CC5)c(Cl)c4)c(Oc4cnc5[nH]ccc5c4)c3)CC2)=C(c2ccc(Cl)cc2)C1. The first kappa shape index (κ1) is 42.9. The van der Waals surface area contributed by atoms with Gasteiger partial charge in [-0.05, 0) is 104 Å². The van der Waals surface area contributed by atoms with Crippen LogP contribution in [0.25, 0.3) is 16.6 Å². The number of alkyl halides is 1. The maximum Gasteiger partial charge on any atom is 0.268 e. The highest BCUT2D eigenvalue weighted by Gasteiger charge is 2.36. The van der Waals surface area contributed by atoms with E-state index in [0.29, 0.717) is 24.2 Å². The third kappa shape index (κ3) is 10.2. The number of hydrogen-bond donors (Lipinski definition) is 3. The first-order valence-corrected chi connectivity index (χ1v) is 22.8. The molecule has 5 aromatic rings. The molecule has 1 amide bonds. The molecule has 0 unspecified atom stereocenters. The van der Waals surface area contributed by atoms with Crippen molar-refractivity contribution in [2.45, 2.75) is 75.5 Å². The highest BCUT2D eigenvalue weighted by molar-refractivity contribution is 7.90. The van der Waals surface area contributed by atoms with E-state index in [1.165, 1.54) is 22.9 Å². The van der Waals surface area contributed by atoms with Crippen LogP contribution >= 0.6 is 23.2 Å². The molecule has 0 bridgehead atoms. The zero-order valence-corrected chi connectivity index (χ0v) is 36.4. The molecule has 0 spiro atoms. The number of aromatic amines is 1. The molecule has 4 heterocycles. The lowest BCUT2D eigenvalue weighted by Gasteiger charge is -2.39. The minimum atomic E-state index is -4.49. The normalized spacial score (nSPS) is 21.1. The third-order valence-corrected chi connectivity index (χ3v) is 13.8. The van der Waals surface area contributed by atoms with Crippen molar-refractivity contribution in [2.75, 3.05) is 44.2 Å². The number of anilines is 1. The highest BCUT2D eigenvalue weighted by atomic mass is 35.5. The van der Waals surface area contributed by atoms with Crippen molar-refractivity contribution in [3.8, 4) is 17.4 Å². The number of amides is 1. The average molecular weight is 892 g/mol. The maximum absolute atomic E-state index is 15.2. The summed E-state index contributed by atoms with van der Waals surface area (Å²) >= 11 is 12.6. The van der Waals surface area contributed by atoms with Gasteiger partial charge in [-0.15, -0.1) is 0 Å². The van der Waals surface area contributed by atoms with E-state index in [4.69, 9.17) is 32.7 Å². The Bertz CT molecular complexity index is 2550. The van der Waals surface area contributed by atoms with Crippen LogP contribution in [0, 0.1) is 5.41 Å². The van der Waals surface area contributed by atoms with Crippen molar-refractivity contribution < 1.29 is 32.2 Å². The van der Waals surface area contributed by atoms with Crippen molar-refractivity contribution in [3.63, 3.8) is 0 Å². The van der Waals surface area contributed by atoms with Crippen LogP contribution in [0.5, 0.6) is 17.4 Å². The molecule has 0 radical (unpaired) electrons. The van der Waals surface area contributed by atoms with Gasteiger partial charge in [0.2, 0.25) is 5.88 Å². The fourth-order valence-electron chi connectivity index (χ4n) is 8.34. The van der Waals surface area contributed by atoms with Crippen molar-refractivity contribution in [3.05, 3.63) is 106 Å². The largest absolute Gasteiger partial charge is 0.473 e. The van der Waals surface area contributed by atoms with Crippen LogP contribution in [0.15, 0.2) is 89.7 Å². The lowest BCUT2D eigenvalue weighted by molar-refractivity contribution is 0.00180. The summed E-state index contributed by atoms with van der Waals surface area (Å²) in [5.74, 6) is -0.578.